The predicted molar refractivity (Wildman–Crippen MR) is 101 cm³/mol. The number of nitrogens with one attached hydrogen (secondary N) is 1. The van der Waals surface area contributed by atoms with Gasteiger partial charge in [0, 0.05) is 13.1 Å². The molecule has 2 aromatic heterocycles. The number of hydrogen-bond donors (Lipinski definition) is 1. The zero-order valence-corrected chi connectivity index (χ0v) is 16.2. The van der Waals surface area contributed by atoms with E-state index in [0.717, 1.165) is 31.6 Å². The second-order valence-electron chi connectivity index (χ2n) is 8.14. The summed E-state index contributed by atoms with van der Waals surface area (Å²) < 4.78 is 2.91. The number of rotatable bonds is 5. The second-order valence-corrected chi connectivity index (χ2v) is 8.14. The summed E-state index contributed by atoms with van der Waals surface area (Å²) >= 11 is 0. The Morgan fingerprint density at radius 3 is 2.65 bits per heavy atom. The van der Waals surface area contributed by atoms with Crippen LogP contribution in [0.1, 0.15) is 52.9 Å². The van der Waals surface area contributed by atoms with Crippen molar-refractivity contribution >= 4 is 16.9 Å². The lowest BCUT2D eigenvalue weighted by Gasteiger charge is -2.39. The topological polar surface area (TPSA) is 81.8 Å². The first-order chi connectivity index (χ1) is 12.3. The summed E-state index contributed by atoms with van der Waals surface area (Å²) in [6, 6.07) is 0.206. The van der Waals surface area contributed by atoms with Crippen molar-refractivity contribution in [3.63, 3.8) is 0 Å². The number of aromatic nitrogens is 4. The molecule has 1 amide bonds. The molecule has 3 rings (SSSR count). The number of carbonyl (C=O) groups is 1. The first kappa shape index (κ1) is 18.6. The van der Waals surface area contributed by atoms with E-state index < -0.39 is 0 Å². The van der Waals surface area contributed by atoms with Crippen LogP contribution in [0.4, 0.5) is 0 Å². The maximum Gasteiger partial charge on any atom is 0.264 e. The monoisotopic (exact) mass is 359 g/mol. The maximum atomic E-state index is 12.4. The Balaban J connectivity index is 1.59. The first-order valence-corrected chi connectivity index (χ1v) is 9.48. The zero-order chi connectivity index (χ0) is 18.9. The van der Waals surface area contributed by atoms with Crippen LogP contribution in [-0.2, 0) is 18.4 Å². The fraction of sp³-hybridized carbons (Fsp3) is 0.684. The molecule has 1 aliphatic carbocycles. The molecular weight excluding hydrogens is 330 g/mol. The highest BCUT2D eigenvalue weighted by Gasteiger charge is 2.32. The van der Waals surface area contributed by atoms with E-state index in [2.05, 4.69) is 36.2 Å². The van der Waals surface area contributed by atoms with Crippen molar-refractivity contribution in [2.45, 2.75) is 65.5 Å². The molecule has 0 atom stereocenters. The quantitative estimate of drug-likeness (QED) is 0.888. The third-order valence-corrected chi connectivity index (χ3v) is 6.14. The van der Waals surface area contributed by atoms with Gasteiger partial charge in [0.2, 0.25) is 5.91 Å². The average molecular weight is 359 g/mol. The SMILES string of the molecule is CCC(C)(C)C1CCC(NC(=O)Cn2cnc3c(cnn3C)c2=O)CC1. The Morgan fingerprint density at radius 2 is 2.00 bits per heavy atom. The molecule has 0 saturated heterocycles. The van der Waals surface area contributed by atoms with Crippen LogP contribution >= 0.6 is 0 Å². The van der Waals surface area contributed by atoms with Crippen LogP contribution in [0.5, 0.6) is 0 Å². The molecule has 0 bridgehead atoms. The van der Waals surface area contributed by atoms with Gasteiger partial charge in [-0.25, -0.2) is 4.98 Å². The van der Waals surface area contributed by atoms with Crippen LogP contribution in [-0.4, -0.2) is 31.3 Å². The van der Waals surface area contributed by atoms with E-state index in [0.29, 0.717) is 16.4 Å². The Bertz CT molecular complexity index is 843. The van der Waals surface area contributed by atoms with E-state index in [1.165, 1.54) is 23.5 Å². The molecule has 0 aromatic carbocycles. The average Bonchev–Trinajstić information content (AvgIpc) is 2.99. The molecule has 0 radical (unpaired) electrons. The highest BCUT2D eigenvalue weighted by Crippen LogP contribution is 2.40. The molecule has 2 heterocycles. The number of carbonyl (C=O) groups excluding carboxylic acids is 1. The maximum absolute atomic E-state index is 12.4. The summed E-state index contributed by atoms with van der Waals surface area (Å²) in [5.74, 6) is 0.593. The Morgan fingerprint density at radius 1 is 1.31 bits per heavy atom. The molecule has 7 heteroatoms. The van der Waals surface area contributed by atoms with Gasteiger partial charge < -0.3 is 5.32 Å². The van der Waals surface area contributed by atoms with Crippen LogP contribution in [0.3, 0.4) is 0 Å². The molecule has 1 aliphatic rings. The highest BCUT2D eigenvalue weighted by atomic mass is 16.2. The molecule has 1 N–H and O–H groups in total. The summed E-state index contributed by atoms with van der Waals surface area (Å²) in [5, 5.41) is 7.57. The molecular formula is C19H29N5O2. The van der Waals surface area contributed by atoms with Crippen molar-refractivity contribution in [2.24, 2.45) is 18.4 Å². The standard InChI is InChI=1S/C19H29N5O2/c1-5-19(2,3)13-6-8-14(9-7-13)22-16(25)11-24-12-20-17-15(18(24)26)10-21-23(17)4/h10,12-14H,5-9,11H2,1-4H3,(H,22,25). The largest absolute Gasteiger partial charge is 0.352 e. The Kier molecular flexibility index (Phi) is 5.16. The van der Waals surface area contributed by atoms with Gasteiger partial charge in [0.25, 0.3) is 5.56 Å². The third-order valence-electron chi connectivity index (χ3n) is 6.14. The summed E-state index contributed by atoms with van der Waals surface area (Å²) in [6.45, 7) is 6.92. The number of nitrogens with zero attached hydrogens (tertiary/aromatic N) is 4. The molecule has 2 aromatic rings. The van der Waals surface area contributed by atoms with Gasteiger partial charge in [-0.15, -0.1) is 0 Å². The van der Waals surface area contributed by atoms with Crippen molar-refractivity contribution in [1.82, 2.24) is 24.6 Å². The van der Waals surface area contributed by atoms with Crippen molar-refractivity contribution < 1.29 is 4.79 Å². The molecule has 0 unspecified atom stereocenters. The van der Waals surface area contributed by atoms with E-state index in [1.807, 2.05) is 0 Å². The van der Waals surface area contributed by atoms with Gasteiger partial charge in [0.05, 0.1) is 6.20 Å². The normalized spacial score (nSPS) is 21.1. The van der Waals surface area contributed by atoms with Gasteiger partial charge in [0.15, 0.2) is 5.65 Å². The van der Waals surface area contributed by atoms with Crippen LogP contribution in [0.15, 0.2) is 17.3 Å². The number of hydrogen-bond acceptors (Lipinski definition) is 4. The molecule has 0 aliphatic heterocycles. The van der Waals surface area contributed by atoms with Gasteiger partial charge in [-0.3, -0.25) is 18.8 Å². The fourth-order valence-electron chi connectivity index (χ4n) is 3.92. The van der Waals surface area contributed by atoms with Crippen molar-refractivity contribution in [3.8, 4) is 0 Å². The lowest BCUT2D eigenvalue weighted by Crippen LogP contribution is -2.42. The number of amides is 1. The summed E-state index contributed by atoms with van der Waals surface area (Å²) in [6.07, 6.45) is 8.41. The summed E-state index contributed by atoms with van der Waals surface area (Å²) in [7, 11) is 1.74. The second kappa shape index (κ2) is 7.21. The van der Waals surface area contributed by atoms with Crippen molar-refractivity contribution in [2.75, 3.05) is 0 Å². The molecule has 7 nitrogen and oxygen atoms in total. The van der Waals surface area contributed by atoms with E-state index in [-0.39, 0.29) is 24.1 Å². The first-order valence-electron chi connectivity index (χ1n) is 9.48. The van der Waals surface area contributed by atoms with Crippen LogP contribution < -0.4 is 10.9 Å². The minimum absolute atomic E-state index is 0.00293. The van der Waals surface area contributed by atoms with E-state index in [1.54, 1.807) is 11.7 Å². The predicted octanol–water partition coefficient (Wildman–Crippen LogP) is 2.24. The Labute approximate surface area is 153 Å². The minimum atomic E-state index is -0.230. The van der Waals surface area contributed by atoms with Gasteiger partial charge in [0.1, 0.15) is 18.3 Å². The zero-order valence-electron chi connectivity index (χ0n) is 16.2. The van der Waals surface area contributed by atoms with E-state index >= 15 is 0 Å². The van der Waals surface area contributed by atoms with Gasteiger partial charge in [-0.05, 0) is 37.0 Å². The van der Waals surface area contributed by atoms with Gasteiger partial charge in [-0.1, -0.05) is 27.2 Å². The minimum Gasteiger partial charge on any atom is -0.352 e. The van der Waals surface area contributed by atoms with Gasteiger partial charge >= 0.3 is 0 Å². The van der Waals surface area contributed by atoms with Crippen molar-refractivity contribution in [3.05, 3.63) is 22.9 Å². The molecule has 0 spiro atoms. The van der Waals surface area contributed by atoms with Crippen LogP contribution in [0, 0.1) is 11.3 Å². The smallest absolute Gasteiger partial charge is 0.264 e. The summed E-state index contributed by atoms with van der Waals surface area (Å²) in [4.78, 5) is 29.1. The lowest BCUT2D eigenvalue weighted by atomic mass is 9.69. The molecule has 1 fully saturated rings. The molecule has 26 heavy (non-hydrogen) atoms. The Hall–Kier alpha value is -2.18. The van der Waals surface area contributed by atoms with Crippen LogP contribution in [0.25, 0.3) is 11.0 Å². The molecule has 142 valence electrons. The van der Waals surface area contributed by atoms with Gasteiger partial charge in [-0.2, -0.15) is 5.10 Å². The number of fused-ring (bicyclic) bond motifs is 1. The fourth-order valence-corrected chi connectivity index (χ4v) is 3.92. The van der Waals surface area contributed by atoms with Crippen molar-refractivity contribution in [1.29, 1.82) is 0 Å². The third kappa shape index (κ3) is 3.66. The highest BCUT2D eigenvalue weighted by molar-refractivity contribution is 5.77. The molecule has 1 saturated carbocycles. The lowest BCUT2D eigenvalue weighted by molar-refractivity contribution is -0.122. The summed E-state index contributed by atoms with van der Waals surface area (Å²) in [5.41, 5.74) is 0.669. The van der Waals surface area contributed by atoms with E-state index in [4.69, 9.17) is 0 Å². The number of aryl methyl sites for hydroxylation is 1. The van der Waals surface area contributed by atoms with E-state index in [9.17, 15) is 9.59 Å². The van der Waals surface area contributed by atoms with Crippen LogP contribution in [0.2, 0.25) is 0 Å².